The highest BCUT2D eigenvalue weighted by molar-refractivity contribution is 5.85. The summed E-state index contributed by atoms with van der Waals surface area (Å²) in [6.07, 6.45) is 1.99. The van der Waals surface area contributed by atoms with Gasteiger partial charge < -0.3 is 5.32 Å². The lowest BCUT2D eigenvalue weighted by Crippen LogP contribution is -2.10. The molecule has 0 atom stereocenters. The number of hydrogen-bond acceptors (Lipinski definition) is 5. The molecule has 0 spiro atoms. The van der Waals surface area contributed by atoms with Crippen LogP contribution in [0.15, 0.2) is 12.1 Å². The Bertz CT molecular complexity index is 885. The van der Waals surface area contributed by atoms with Gasteiger partial charge in [0.15, 0.2) is 17.0 Å². The topological polar surface area (TPSA) is 68.5 Å². The summed E-state index contributed by atoms with van der Waals surface area (Å²) in [5, 5.41) is 12.2. The van der Waals surface area contributed by atoms with Gasteiger partial charge in [-0.15, -0.1) is 5.10 Å². The van der Waals surface area contributed by atoms with Crippen LogP contribution in [0.5, 0.6) is 0 Å². The molecule has 0 amide bonds. The number of nitrogens with zero attached hydrogens (tertiary/aromatic N) is 5. The summed E-state index contributed by atoms with van der Waals surface area (Å²) >= 11 is 0. The van der Waals surface area contributed by atoms with Gasteiger partial charge >= 0.3 is 0 Å². The second kappa shape index (κ2) is 6.78. The zero-order valence-corrected chi connectivity index (χ0v) is 15.9. The van der Waals surface area contributed by atoms with Crippen LogP contribution in [-0.4, -0.2) is 25.0 Å². The van der Waals surface area contributed by atoms with E-state index < -0.39 is 0 Å². The Balaban J connectivity index is 2.12. The second-order valence-electron chi connectivity index (χ2n) is 6.69. The van der Waals surface area contributed by atoms with Gasteiger partial charge in [0, 0.05) is 5.69 Å². The van der Waals surface area contributed by atoms with Gasteiger partial charge in [0.1, 0.15) is 5.82 Å². The SMILES string of the molecule is CCC(CC)n1nnc2c(Nc3c(C)cc(C)cc3C)nc(C)nc21. The first-order valence-corrected chi connectivity index (χ1v) is 8.89. The third kappa shape index (κ3) is 3.21. The van der Waals surface area contributed by atoms with E-state index in [-0.39, 0.29) is 0 Å². The number of benzene rings is 1. The summed E-state index contributed by atoms with van der Waals surface area (Å²) in [6.45, 7) is 12.5. The monoisotopic (exact) mass is 338 g/mol. The zero-order chi connectivity index (χ0) is 18.1. The molecule has 0 aliphatic heterocycles. The Kier molecular flexibility index (Phi) is 4.70. The van der Waals surface area contributed by atoms with Crippen LogP contribution >= 0.6 is 0 Å². The highest BCUT2D eigenvalue weighted by Crippen LogP contribution is 2.29. The predicted molar refractivity (Wildman–Crippen MR) is 101 cm³/mol. The van der Waals surface area contributed by atoms with Gasteiger partial charge in [-0.25, -0.2) is 14.6 Å². The molecule has 0 bridgehead atoms. The highest BCUT2D eigenvalue weighted by atomic mass is 15.5. The Morgan fingerprint density at radius 2 is 1.64 bits per heavy atom. The number of aromatic nitrogens is 5. The maximum Gasteiger partial charge on any atom is 0.184 e. The molecule has 132 valence electrons. The van der Waals surface area contributed by atoms with Gasteiger partial charge in [-0.1, -0.05) is 36.8 Å². The molecular formula is C19H26N6. The highest BCUT2D eigenvalue weighted by Gasteiger charge is 2.18. The average molecular weight is 338 g/mol. The molecule has 6 heteroatoms. The van der Waals surface area contributed by atoms with Crippen LogP contribution in [0.25, 0.3) is 11.2 Å². The first-order valence-electron chi connectivity index (χ1n) is 8.89. The minimum atomic E-state index is 0.301. The van der Waals surface area contributed by atoms with E-state index >= 15 is 0 Å². The van der Waals surface area contributed by atoms with E-state index in [9.17, 15) is 0 Å². The fourth-order valence-corrected chi connectivity index (χ4v) is 3.40. The van der Waals surface area contributed by atoms with E-state index in [4.69, 9.17) is 0 Å². The molecular weight excluding hydrogens is 312 g/mol. The van der Waals surface area contributed by atoms with Crippen LogP contribution in [-0.2, 0) is 0 Å². The lowest BCUT2D eigenvalue weighted by atomic mass is 10.1. The number of hydrogen-bond donors (Lipinski definition) is 1. The molecule has 0 fully saturated rings. The van der Waals surface area contributed by atoms with E-state index in [0.29, 0.717) is 11.9 Å². The van der Waals surface area contributed by atoms with Crippen molar-refractivity contribution < 1.29 is 0 Å². The number of aryl methyl sites for hydroxylation is 4. The van der Waals surface area contributed by atoms with Gasteiger partial charge in [0.25, 0.3) is 0 Å². The fourth-order valence-electron chi connectivity index (χ4n) is 3.40. The van der Waals surface area contributed by atoms with Crippen molar-refractivity contribution >= 4 is 22.7 Å². The van der Waals surface area contributed by atoms with Crippen molar-refractivity contribution in [2.24, 2.45) is 0 Å². The van der Waals surface area contributed by atoms with Crippen molar-refractivity contribution in [1.82, 2.24) is 25.0 Å². The standard InChI is InChI=1S/C19H26N6/c1-7-15(8-2)25-19-17(23-24-25)18(20-14(6)21-19)22-16-12(4)9-11(3)10-13(16)5/h9-10,15H,7-8H2,1-6H3,(H,20,21,22). The molecule has 1 N–H and O–H groups in total. The zero-order valence-electron chi connectivity index (χ0n) is 15.9. The summed E-state index contributed by atoms with van der Waals surface area (Å²) < 4.78 is 1.93. The van der Waals surface area contributed by atoms with Crippen LogP contribution in [0.3, 0.4) is 0 Å². The first-order chi connectivity index (χ1) is 11.9. The predicted octanol–water partition coefficient (Wildman–Crippen LogP) is 4.56. The Hall–Kier alpha value is -2.50. The number of anilines is 2. The first kappa shape index (κ1) is 17.3. The maximum absolute atomic E-state index is 4.60. The molecule has 0 aliphatic rings. The van der Waals surface area contributed by atoms with Crippen LogP contribution < -0.4 is 5.32 Å². The largest absolute Gasteiger partial charge is 0.338 e. The van der Waals surface area contributed by atoms with Crippen molar-refractivity contribution in [3.63, 3.8) is 0 Å². The van der Waals surface area contributed by atoms with Crippen molar-refractivity contribution in [2.75, 3.05) is 5.32 Å². The molecule has 2 heterocycles. The number of nitrogens with one attached hydrogen (secondary N) is 1. The third-order valence-electron chi connectivity index (χ3n) is 4.64. The van der Waals surface area contributed by atoms with E-state index in [2.05, 4.69) is 72.3 Å². The molecule has 0 unspecified atom stereocenters. The quantitative estimate of drug-likeness (QED) is 0.738. The molecule has 0 saturated carbocycles. The summed E-state index contributed by atoms with van der Waals surface area (Å²) in [4.78, 5) is 9.19. The van der Waals surface area contributed by atoms with Crippen molar-refractivity contribution in [3.8, 4) is 0 Å². The molecule has 0 aliphatic carbocycles. The molecule has 3 rings (SSSR count). The van der Waals surface area contributed by atoms with E-state index in [1.165, 1.54) is 16.7 Å². The number of fused-ring (bicyclic) bond motifs is 1. The summed E-state index contributed by atoms with van der Waals surface area (Å²) in [5.74, 6) is 1.43. The fraction of sp³-hybridized carbons (Fsp3) is 0.474. The van der Waals surface area contributed by atoms with Crippen molar-refractivity contribution in [3.05, 3.63) is 34.6 Å². The smallest absolute Gasteiger partial charge is 0.184 e. The van der Waals surface area contributed by atoms with Crippen molar-refractivity contribution in [2.45, 2.75) is 60.4 Å². The van der Waals surface area contributed by atoms with Gasteiger partial charge in [0.05, 0.1) is 6.04 Å². The average Bonchev–Trinajstić information content (AvgIpc) is 2.96. The Labute approximate surface area is 148 Å². The molecule has 2 aromatic heterocycles. The number of rotatable bonds is 5. The second-order valence-corrected chi connectivity index (χ2v) is 6.69. The van der Waals surface area contributed by atoms with Gasteiger partial charge in [-0.2, -0.15) is 0 Å². The molecule has 25 heavy (non-hydrogen) atoms. The molecule has 0 radical (unpaired) electrons. The van der Waals surface area contributed by atoms with Crippen LogP contribution in [0, 0.1) is 27.7 Å². The molecule has 3 aromatic rings. The van der Waals surface area contributed by atoms with Crippen LogP contribution in [0.1, 0.15) is 55.2 Å². The summed E-state index contributed by atoms with van der Waals surface area (Å²) in [5.41, 5.74) is 6.22. The Morgan fingerprint density at radius 1 is 1.00 bits per heavy atom. The van der Waals surface area contributed by atoms with E-state index in [1.54, 1.807) is 0 Å². The maximum atomic E-state index is 4.60. The van der Waals surface area contributed by atoms with Crippen molar-refractivity contribution in [1.29, 1.82) is 0 Å². The van der Waals surface area contributed by atoms with E-state index in [1.807, 2.05) is 11.6 Å². The van der Waals surface area contributed by atoms with Crippen LogP contribution in [0.2, 0.25) is 0 Å². The van der Waals surface area contributed by atoms with Gasteiger partial charge in [-0.3, -0.25) is 0 Å². The molecule has 1 aromatic carbocycles. The van der Waals surface area contributed by atoms with Gasteiger partial charge in [0.2, 0.25) is 0 Å². The minimum absolute atomic E-state index is 0.301. The summed E-state index contributed by atoms with van der Waals surface area (Å²) in [6, 6.07) is 4.64. The molecule has 0 saturated heterocycles. The normalized spacial score (nSPS) is 11.5. The lowest BCUT2D eigenvalue weighted by molar-refractivity contribution is 0.427. The van der Waals surface area contributed by atoms with Crippen LogP contribution in [0.4, 0.5) is 11.5 Å². The summed E-state index contributed by atoms with van der Waals surface area (Å²) in [7, 11) is 0. The third-order valence-corrected chi connectivity index (χ3v) is 4.64. The minimum Gasteiger partial charge on any atom is -0.338 e. The van der Waals surface area contributed by atoms with E-state index in [0.717, 1.165) is 35.5 Å². The van der Waals surface area contributed by atoms with Gasteiger partial charge in [-0.05, 0) is 51.7 Å². The Morgan fingerprint density at radius 3 is 2.24 bits per heavy atom. The molecule has 6 nitrogen and oxygen atoms in total. The lowest BCUT2D eigenvalue weighted by Gasteiger charge is -2.15.